The summed E-state index contributed by atoms with van der Waals surface area (Å²) in [6.07, 6.45) is 1.66. The number of pyridine rings is 1. The molecule has 0 saturated carbocycles. The molecular weight excluding hydrogens is 282 g/mol. The lowest BCUT2D eigenvalue weighted by Gasteiger charge is -2.11. The molecule has 0 atom stereocenters. The van der Waals surface area contributed by atoms with Gasteiger partial charge in [0.2, 0.25) is 5.88 Å². The summed E-state index contributed by atoms with van der Waals surface area (Å²) in [6, 6.07) is 8.89. The maximum absolute atomic E-state index is 5.98. The number of aromatic nitrogens is 1. The molecule has 2 aromatic rings. The Morgan fingerprint density at radius 3 is 2.74 bits per heavy atom. The number of methoxy groups -OCH3 is 1. The Labute approximate surface area is 121 Å². The highest BCUT2D eigenvalue weighted by Gasteiger charge is 2.06. The molecule has 19 heavy (non-hydrogen) atoms. The van der Waals surface area contributed by atoms with Crippen molar-refractivity contribution in [2.45, 2.75) is 0 Å². The summed E-state index contributed by atoms with van der Waals surface area (Å²) in [5.41, 5.74) is 7.94. The number of hydrogen-bond acceptors (Lipinski definition) is 4. The van der Waals surface area contributed by atoms with Gasteiger partial charge in [-0.3, -0.25) is 0 Å². The van der Waals surface area contributed by atoms with Gasteiger partial charge in [-0.25, -0.2) is 4.98 Å². The second-order valence-corrected chi connectivity index (χ2v) is 4.64. The maximum Gasteiger partial charge on any atom is 0.213 e. The fourth-order valence-corrected chi connectivity index (χ4v) is 1.92. The first-order valence-corrected chi connectivity index (χ1v) is 6.25. The first-order chi connectivity index (χ1) is 9.10. The van der Waals surface area contributed by atoms with Crippen molar-refractivity contribution >= 4 is 40.2 Å². The van der Waals surface area contributed by atoms with Gasteiger partial charge < -0.3 is 15.8 Å². The van der Waals surface area contributed by atoms with E-state index in [-0.39, 0.29) is 0 Å². The van der Waals surface area contributed by atoms with Gasteiger partial charge in [0, 0.05) is 16.7 Å². The average molecular weight is 294 g/mol. The fourth-order valence-electron chi connectivity index (χ4n) is 1.57. The van der Waals surface area contributed by atoms with Gasteiger partial charge in [-0.15, -0.1) is 0 Å². The van der Waals surface area contributed by atoms with E-state index in [1.54, 1.807) is 37.6 Å². The summed E-state index contributed by atoms with van der Waals surface area (Å²) in [5.74, 6) is 0.547. The lowest BCUT2D eigenvalue weighted by Crippen LogP contribution is -2.11. The SMILES string of the molecule is COc1ccc(Nc2cc(Cl)ccc2C(N)=S)cn1. The van der Waals surface area contributed by atoms with Crippen molar-refractivity contribution in [1.82, 2.24) is 4.98 Å². The minimum atomic E-state index is 0.306. The van der Waals surface area contributed by atoms with Crippen LogP contribution in [0.1, 0.15) is 5.56 Å². The van der Waals surface area contributed by atoms with Crippen LogP contribution in [-0.4, -0.2) is 17.1 Å². The van der Waals surface area contributed by atoms with Gasteiger partial charge in [-0.05, 0) is 24.3 Å². The van der Waals surface area contributed by atoms with Crippen LogP contribution in [0.3, 0.4) is 0 Å². The van der Waals surface area contributed by atoms with E-state index in [1.807, 2.05) is 6.07 Å². The number of halogens is 1. The van der Waals surface area contributed by atoms with Gasteiger partial charge in [-0.1, -0.05) is 23.8 Å². The number of nitrogens with two attached hydrogens (primary N) is 1. The molecule has 0 radical (unpaired) electrons. The van der Waals surface area contributed by atoms with Gasteiger partial charge >= 0.3 is 0 Å². The van der Waals surface area contributed by atoms with Crippen LogP contribution in [0.25, 0.3) is 0 Å². The quantitative estimate of drug-likeness (QED) is 0.848. The van der Waals surface area contributed by atoms with Crippen LogP contribution in [-0.2, 0) is 0 Å². The highest BCUT2D eigenvalue weighted by atomic mass is 35.5. The summed E-state index contributed by atoms with van der Waals surface area (Å²) in [7, 11) is 1.57. The normalized spacial score (nSPS) is 10.0. The monoisotopic (exact) mass is 293 g/mol. The van der Waals surface area contributed by atoms with Crippen LogP contribution in [0.15, 0.2) is 36.5 Å². The van der Waals surface area contributed by atoms with Crippen LogP contribution in [0, 0.1) is 0 Å². The molecule has 0 fully saturated rings. The molecule has 2 rings (SSSR count). The second-order valence-electron chi connectivity index (χ2n) is 3.77. The van der Waals surface area contributed by atoms with Crippen molar-refractivity contribution in [3.8, 4) is 5.88 Å². The van der Waals surface area contributed by atoms with Gasteiger partial charge in [0.15, 0.2) is 0 Å². The number of rotatable bonds is 4. The fraction of sp³-hybridized carbons (Fsp3) is 0.0769. The van der Waals surface area contributed by atoms with Crippen LogP contribution >= 0.6 is 23.8 Å². The van der Waals surface area contributed by atoms with Gasteiger partial charge in [0.05, 0.1) is 24.7 Å². The van der Waals surface area contributed by atoms with Gasteiger partial charge in [-0.2, -0.15) is 0 Å². The number of anilines is 2. The number of nitrogens with zero attached hydrogens (tertiary/aromatic N) is 1. The minimum absolute atomic E-state index is 0.306. The third-order valence-electron chi connectivity index (χ3n) is 2.47. The predicted octanol–water partition coefficient (Wildman–Crippen LogP) is 3.12. The molecule has 0 spiro atoms. The first-order valence-electron chi connectivity index (χ1n) is 5.46. The Kier molecular flexibility index (Phi) is 4.19. The van der Waals surface area contributed by atoms with Crippen molar-refractivity contribution in [3.63, 3.8) is 0 Å². The number of benzene rings is 1. The Balaban J connectivity index is 2.31. The maximum atomic E-state index is 5.98. The summed E-state index contributed by atoms with van der Waals surface area (Å²) in [5, 5.41) is 3.78. The van der Waals surface area contributed by atoms with E-state index >= 15 is 0 Å². The zero-order chi connectivity index (χ0) is 13.8. The minimum Gasteiger partial charge on any atom is -0.481 e. The van der Waals surface area contributed by atoms with E-state index in [0.717, 1.165) is 16.9 Å². The molecule has 6 heteroatoms. The molecular formula is C13H12ClN3OS. The van der Waals surface area contributed by atoms with Crippen molar-refractivity contribution in [2.75, 3.05) is 12.4 Å². The van der Waals surface area contributed by atoms with Crippen molar-refractivity contribution in [3.05, 3.63) is 47.1 Å². The molecule has 0 amide bonds. The Morgan fingerprint density at radius 2 is 2.16 bits per heavy atom. The summed E-state index contributed by atoms with van der Waals surface area (Å²) >= 11 is 11.0. The molecule has 3 N–H and O–H groups in total. The Bertz CT molecular complexity index is 601. The van der Waals surface area contributed by atoms with Crippen molar-refractivity contribution < 1.29 is 4.74 Å². The molecule has 0 unspecified atom stereocenters. The van der Waals surface area contributed by atoms with Crippen LogP contribution in [0.4, 0.5) is 11.4 Å². The largest absolute Gasteiger partial charge is 0.481 e. The van der Waals surface area contributed by atoms with Crippen molar-refractivity contribution in [2.24, 2.45) is 5.73 Å². The van der Waals surface area contributed by atoms with Gasteiger partial charge in [0.25, 0.3) is 0 Å². The van der Waals surface area contributed by atoms with E-state index in [9.17, 15) is 0 Å². The standard InChI is InChI=1S/C13H12ClN3OS/c1-18-12-5-3-9(7-16-12)17-11-6-8(14)2-4-10(11)13(15)19/h2-7,17H,1H3,(H2,15,19). The van der Waals surface area contributed by atoms with E-state index in [2.05, 4.69) is 10.3 Å². The Morgan fingerprint density at radius 1 is 1.37 bits per heavy atom. The molecule has 1 heterocycles. The molecule has 1 aromatic carbocycles. The van der Waals surface area contributed by atoms with Crippen molar-refractivity contribution in [1.29, 1.82) is 0 Å². The van der Waals surface area contributed by atoms with Crippen LogP contribution in [0.2, 0.25) is 5.02 Å². The first kappa shape index (κ1) is 13.6. The third kappa shape index (κ3) is 3.33. The molecule has 0 aliphatic heterocycles. The molecule has 0 bridgehead atoms. The summed E-state index contributed by atoms with van der Waals surface area (Å²) < 4.78 is 5.00. The zero-order valence-electron chi connectivity index (χ0n) is 10.2. The topological polar surface area (TPSA) is 60.2 Å². The molecule has 0 saturated heterocycles. The molecule has 4 nitrogen and oxygen atoms in total. The lowest BCUT2D eigenvalue weighted by molar-refractivity contribution is 0.398. The number of ether oxygens (including phenoxy) is 1. The highest BCUT2D eigenvalue weighted by molar-refractivity contribution is 7.80. The number of thiocarbonyl (C=S) groups is 1. The van der Waals surface area contributed by atoms with E-state index in [0.29, 0.717) is 15.9 Å². The zero-order valence-corrected chi connectivity index (χ0v) is 11.8. The Hall–Kier alpha value is -1.85. The molecule has 0 aliphatic rings. The molecule has 98 valence electrons. The second kappa shape index (κ2) is 5.86. The summed E-state index contributed by atoms with van der Waals surface area (Å²) in [6.45, 7) is 0. The van der Waals surface area contributed by atoms with Crippen LogP contribution in [0.5, 0.6) is 5.88 Å². The van der Waals surface area contributed by atoms with E-state index in [1.165, 1.54) is 0 Å². The van der Waals surface area contributed by atoms with Crippen LogP contribution < -0.4 is 15.8 Å². The summed E-state index contributed by atoms with van der Waals surface area (Å²) in [4.78, 5) is 4.41. The molecule has 1 aromatic heterocycles. The predicted molar refractivity (Wildman–Crippen MR) is 81.4 cm³/mol. The number of hydrogen-bond donors (Lipinski definition) is 2. The number of nitrogens with one attached hydrogen (secondary N) is 1. The highest BCUT2D eigenvalue weighted by Crippen LogP contribution is 2.25. The average Bonchev–Trinajstić information content (AvgIpc) is 2.39. The third-order valence-corrected chi connectivity index (χ3v) is 2.93. The van der Waals surface area contributed by atoms with Gasteiger partial charge in [0.1, 0.15) is 4.99 Å². The van der Waals surface area contributed by atoms with E-state index in [4.69, 9.17) is 34.3 Å². The lowest BCUT2D eigenvalue weighted by atomic mass is 10.1. The van der Waals surface area contributed by atoms with E-state index < -0.39 is 0 Å². The molecule has 0 aliphatic carbocycles. The smallest absolute Gasteiger partial charge is 0.213 e.